The van der Waals surface area contributed by atoms with Crippen LogP contribution in [-0.4, -0.2) is 6.54 Å². The summed E-state index contributed by atoms with van der Waals surface area (Å²) in [6.45, 7) is 5.42. The van der Waals surface area contributed by atoms with Crippen molar-refractivity contribution in [2.24, 2.45) is 0 Å². The summed E-state index contributed by atoms with van der Waals surface area (Å²) < 4.78 is 0. The Labute approximate surface area is 110 Å². The van der Waals surface area contributed by atoms with E-state index in [1.165, 1.54) is 16.7 Å². The van der Waals surface area contributed by atoms with E-state index >= 15 is 0 Å². The van der Waals surface area contributed by atoms with E-state index in [0.717, 1.165) is 13.0 Å². The molecule has 0 aliphatic rings. The van der Waals surface area contributed by atoms with Crippen LogP contribution in [0.4, 0.5) is 0 Å². The van der Waals surface area contributed by atoms with E-state index in [2.05, 4.69) is 73.8 Å². The second-order valence-corrected chi connectivity index (χ2v) is 4.65. The van der Waals surface area contributed by atoms with Gasteiger partial charge in [-0.15, -0.1) is 0 Å². The van der Waals surface area contributed by atoms with Gasteiger partial charge in [0.2, 0.25) is 0 Å². The Morgan fingerprint density at radius 2 is 1.61 bits per heavy atom. The molecule has 2 aromatic rings. The van der Waals surface area contributed by atoms with Gasteiger partial charge in [-0.05, 0) is 36.6 Å². The van der Waals surface area contributed by atoms with E-state index in [9.17, 15) is 0 Å². The number of hydrogen-bond acceptors (Lipinski definition) is 1. The minimum Gasteiger partial charge on any atom is -0.306 e. The fraction of sp³-hybridized carbons (Fsp3) is 0.294. The van der Waals surface area contributed by atoms with Crippen LogP contribution in [0.1, 0.15) is 36.1 Å². The first kappa shape index (κ1) is 12.8. The fourth-order valence-electron chi connectivity index (χ4n) is 2.25. The first-order valence-corrected chi connectivity index (χ1v) is 6.66. The maximum Gasteiger partial charge on any atom is 0.0579 e. The van der Waals surface area contributed by atoms with Gasteiger partial charge in [0.05, 0.1) is 6.04 Å². The lowest BCUT2D eigenvalue weighted by atomic mass is 9.95. The quantitative estimate of drug-likeness (QED) is 0.829. The Bertz CT molecular complexity index is 476. The Hall–Kier alpha value is -1.60. The third-order valence-corrected chi connectivity index (χ3v) is 3.23. The van der Waals surface area contributed by atoms with Gasteiger partial charge in [0.25, 0.3) is 0 Å². The highest BCUT2D eigenvalue weighted by Crippen LogP contribution is 2.24. The molecule has 0 spiro atoms. The largest absolute Gasteiger partial charge is 0.306 e. The van der Waals surface area contributed by atoms with E-state index in [-0.39, 0.29) is 0 Å². The van der Waals surface area contributed by atoms with Crippen molar-refractivity contribution in [2.45, 2.75) is 26.3 Å². The van der Waals surface area contributed by atoms with Crippen molar-refractivity contribution in [2.75, 3.05) is 6.54 Å². The number of nitrogens with one attached hydrogen (secondary N) is 1. The monoisotopic (exact) mass is 239 g/mol. The molecule has 18 heavy (non-hydrogen) atoms. The van der Waals surface area contributed by atoms with Crippen LogP contribution in [-0.2, 0) is 0 Å². The van der Waals surface area contributed by atoms with Gasteiger partial charge in [0.15, 0.2) is 0 Å². The number of hydrogen-bond donors (Lipinski definition) is 1. The third-order valence-electron chi connectivity index (χ3n) is 3.23. The Morgan fingerprint density at radius 3 is 2.28 bits per heavy atom. The van der Waals surface area contributed by atoms with Gasteiger partial charge in [0, 0.05) is 0 Å². The summed E-state index contributed by atoms with van der Waals surface area (Å²) in [6, 6.07) is 19.6. The smallest absolute Gasteiger partial charge is 0.0579 e. The van der Waals surface area contributed by atoms with Gasteiger partial charge >= 0.3 is 0 Å². The van der Waals surface area contributed by atoms with Gasteiger partial charge in [-0.2, -0.15) is 0 Å². The van der Waals surface area contributed by atoms with Crippen LogP contribution >= 0.6 is 0 Å². The molecule has 2 rings (SSSR count). The van der Waals surface area contributed by atoms with Crippen LogP contribution in [0.25, 0.3) is 0 Å². The molecule has 0 aliphatic carbocycles. The summed E-state index contributed by atoms with van der Waals surface area (Å²) in [5.74, 6) is 0. The SMILES string of the molecule is CCCNC(c1ccccc1)c1ccccc1C. The highest BCUT2D eigenvalue weighted by molar-refractivity contribution is 5.36. The molecule has 0 aromatic heterocycles. The molecule has 1 heteroatoms. The lowest BCUT2D eigenvalue weighted by Crippen LogP contribution is -2.23. The minimum absolute atomic E-state index is 0.298. The Morgan fingerprint density at radius 1 is 0.944 bits per heavy atom. The summed E-state index contributed by atoms with van der Waals surface area (Å²) in [6.07, 6.45) is 1.15. The van der Waals surface area contributed by atoms with Crippen molar-refractivity contribution in [3.63, 3.8) is 0 Å². The van der Waals surface area contributed by atoms with Crippen molar-refractivity contribution < 1.29 is 0 Å². The van der Waals surface area contributed by atoms with Gasteiger partial charge in [-0.25, -0.2) is 0 Å². The number of benzene rings is 2. The van der Waals surface area contributed by atoms with E-state index in [1.807, 2.05) is 0 Å². The Kier molecular flexibility index (Phi) is 4.54. The Balaban J connectivity index is 2.34. The molecule has 1 unspecified atom stereocenters. The van der Waals surface area contributed by atoms with Gasteiger partial charge in [-0.1, -0.05) is 61.5 Å². The summed E-state index contributed by atoms with van der Waals surface area (Å²) >= 11 is 0. The van der Waals surface area contributed by atoms with Crippen LogP contribution in [0.15, 0.2) is 54.6 Å². The topological polar surface area (TPSA) is 12.0 Å². The zero-order chi connectivity index (χ0) is 12.8. The second kappa shape index (κ2) is 6.36. The molecule has 2 aromatic carbocycles. The predicted octanol–water partition coefficient (Wildman–Crippen LogP) is 4.08. The van der Waals surface area contributed by atoms with Crippen molar-refractivity contribution in [1.29, 1.82) is 0 Å². The first-order chi connectivity index (χ1) is 8.83. The molecule has 1 atom stereocenters. The average Bonchev–Trinajstić information content (AvgIpc) is 2.42. The third kappa shape index (κ3) is 2.99. The molecular formula is C17H21N. The van der Waals surface area contributed by atoms with Crippen molar-refractivity contribution in [1.82, 2.24) is 5.32 Å². The van der Waals surface area contributed by atoms with Crippen LogP contribution in [0, 0.1) is 6.92 Å². The van der Waals surface area contributed by atoms with Crippen LogP contribution in [0.2, 0.25) is 0 Å². The van der Waals surface area contributed by atoms with Crippen LogP contribution in [0.3, 0.4) is 0 Å². The summed E-state index contributed by atoms with van der Waals surface area (Å²) in [5.41, 5.74) is 4.05. The van der Waals surface area contributed by atoms with E-state index in [0.29, 0.717) is 6.04 Å². The zero-order valence-corrected chi connectivity index (χ0v) is 11.2. The molecule has 94 valence electrons. The zero-order valence-electron chi connectivity index (χ0n) is 11.2. The molecule has 1 N–H and O–H groups in total. The first-order valence-electron chi connectivity index (χ1n) is 6.66. The summed E-state index contributed by atoms with van der Waals surface area (Å²) in [7, 11) is 0. The lowest BCUT2D eigenvalue weighted by molar-refractivity contribution is 0.596. The van der Waals surface area contributed by atoms with E-state index < -0.39 is 0 Å². The second-order valence-electron chi connectivity index (χ2n) is 4.65. The summed E-state index contributed by atoms with van der Waals surface area (Å²) in [5, 5.41) is 3.64. The summed E-state index contributed by atoms with van der Waals surface area (Å²) in [4.78, 5) is 0. The maximum absolute atomic E-state index is 3.64. The molecule has 0 bridgehead atoms. The maximum atomic E-state index is 3.64. The predicted molar refractivity (Wildman–Crippen MR) is 77.8 cm³/mol. The van der Waals surface area contributed by atoms with E-state index in [4.69, 9.17) is 0 Å². The standard InChI is InChI=1S/C17H21N/c1-3-13-18-17(15-10-5-4-6-11-15)16-12-8-7-9-14(16)2/h4-12,17-18H,3,13H2,1-2H3. The van der Waals surface area contributed by atoms with Gasteiger partial charge in [-0.3, -0.25) is 0 Å². The molecule has 0 amide bonds. The highest BCUT2D eigenvalue weighted by Gasteiger charge is 2.14. The molecule has 1 nitrogen and oxygen atoms in total. The highest BCUT2D eigenvalue weighted by atomic mass is 14.9. The van der Waals surface area contributed by atoms with Crippen molar-refractivity contribution in [3.05, 3.63) is 71.3 Å². The normalized spacial score (nSPS) is 12.3. The minimum atomic E-state index is 0.298. The van der Waals surface area contributed by atoms with Crippen LogP contribution in [0.5, 0.6) is 0 Å². The molecule has 0 saturated carbocycles. The average molecular weight is 239 g/mol. The molecule has 0 heterocycles. The van der Waals surface area contributed by atoms with Crippen LogP contribution < -0.4 is 5.32 Å². The fourth-order valence-corrected chi connectivity index (χ4v) is 2.25. The van der Waals surface area contributed by atoms with Gasteiger partial charge in [0.1, 0.15) is 0 Å². The van der Waals surface area contributed by atoms with Gasteiger partial charge < -0.3 is 5.32 Å². The molecule has 0 fully saturated rings. The van der Waals surface area contributed by atoms with Crippen molar-refractivity contribution >= 4 is 0 Å². The number of rotatable bonds is 5. The number of aryl methyl sites for hydroxylation is 1. The van der Waals surface area contributed by atoms with Crippen molar-refractivity contribution in [3.8, 4) is 0 Å². The molecule has 0 aliphatic heterocycles. The van der Waals surface area contributed by atoms with E-state index in [1.54, 1.807) is 0 Å². The molecule has 0 radical (unpaired) electrons. The molecule has 0 saturated heterocycles. The molecular weight excluding hydrogens is 218 g/mol. The lowest BCUT2D eigenvalue weighted by Gasteiger charge is -2.21.